The van der Waals surface area contributed by atoms with Crippen molar-refractivity contribution in [3.63, 3.8) is 0 Å². The van der Waals surface area contributed by atoms with Crippen molar-refractivity contribution in [1.82, 2.24) is 9.78 Å². The van der Waals surface area contributed by atoms with Crippen LogP contribution in [0.3, 0.4) is 0 Å². The Morgan fingerprint density at radius 1 is 1.30 bits per heavy atom. The van der Waals surface area contributed by atoms with Crippen LogP contribution in [0.1, 0.15) is 57.1 Å². The Balaban J connectivity index is 2.10. The van der Waals surface area contributed by atoms with Gasteiger partial charge in [-0.1, -0.05) is 25.7 Å². The van der Waals surface area contributed by atoms with Crippen molar-refractivity contribution in [3.05, 3.63) is 15.5 Å². The molecule has 0 bridgehead atoms. The fourth-order valence-electron chi connectivity index (χ4n) is 3.46. The van der Waals surface area contributed by atoms with Crippen LogP contribution in [0, 0.1) is 15.9 Å². The predicted octanol–water partition coefficient (Wildman–Crippen LogP) is 4.56. The Labute approximate surface area is 136 Å². The number of aromatic nitrogens is 2. The molecule has 0 aliphatic heterocycles. The van der Waals surface area contributed by atoms with Gasteiger partial charge in [0.2, 0.25) is 0 Å². The highest BCUT2D eigenvalue weighted by molar-refractivity contribution is 14.1. The van der Waals surface area contributed by atoms with Crippen molar-refractivity contribution in [2.75, 3.05) is 13.7 Å². The second-order valence-electron chi connectivity index (χ2n) is 6.25. The van der Waals surface area contributed by atoms with Crippen molar-refractivity contribution >= 4 is 22.6 Å². The summed E-state index contributed by atoms with van der Waals surface area (Å²) >= 11 is 2.38. The third kappa shape index (κ3) is 4.20. The fraction of sp³-hybridized carbons (Fsp3) is 0.812. The molecule has 1 saturated carbocycles. The van der Waals surface area contributed by atoms with Gasteiger partial charge in [0.25, 0.3) is 0 Å². The lowest BCUT2D eigenvalue weighted by molar-refractivity contribution is 0.134. The minimum atomic E-state index is 0.439. The molecular formula is C16H27IN2O. The zero-order valence-corrected chi connectivity index (χ0v) is 15.0. The maximum absolute atomic E-state index is 5.26. The molecule has 1 aromatic heterocycles. The topological polar surface area (TPSA) is 27.1 Å². The molecular weight excluding hydrogens is 363 g/mol. The van der Waals surface area contributed by atoms with E-state index in [2.05, 4.69) is 39.3 Å². The molecule has 0 radical (unpaired) electrons. The number of ether oxygens (including phenoxy) is 1. The molecule has 1 aliphatic carbocycles. The fourth-order valence-corrected chi connectivity index (χ4v) is 3.86. The maximum atomic E-state index is 5.26. The molecule has 0 amide bonds. The molecule has 0 aromatic carbocycles. The standard InChI is InChI=1S/C16H27IN2O/c1-14-15(17)12-18-19(14)13-16(10-7-11-20-2)8-5-3-4-6-9-16/h12H,3-11,13H2,1-2H3. The van der Waals surface area contributed by atoms with Gasteiger partial charge in [0.1, 0.15) is 0 Å². The van der Waals surface area contributed by atoms with Crippen molar-refractivity contribution in [2.45, 2.75) is 64.8 Å². The zero-order valence-electron chi connectivity index (χ0n) is 12.8. The summed E-state index contributed by atoms with van der Waals surface area (Å²) in [4.78, 5) is 0. The average molecular weight is 390 g/mol. The van der Waals surface area contributed by atoms with Gasteiger partial charge in [-0.05, 0) is 60.6 Å². The van der Waals surface area contributed by atoms with E-state index in [1.807, 2.05) is 6.20 Å². The first-order chi connectivity index (χ1) is 9.67. The van der Waals surface area contributed by atoms with Crippen LogP contribution in [0.15, 0.2) is 6.20 Å². The molecule has 0 unspecified atom stereocenters. The van der Waals surface area contributed by atoms with E-state index in [0.717, 1.165) is 13.2 Å². The monoisotopic (exact) mass is 390 g/mol. The van der Waals surface area contributed by atoms with Gasteiger partial charge in [-0.2, -0.15) is 5.10 Å². The molecule has 0 saturated heterocycles. The van der Waals surface area contributed by atoms with E-state index in [1.165, 1.54) is 60.6 Å². The molecule has 0 spiro atoms. The normalized spacial score (nSPS) is 18.9. The SMILES string of the molecule is COCCCC1(Cn2ncc(I)c2C)CCCCCC1. The Kier molecular flexibility index (Phi) is 6.33. The number of methoxy groups -OCH3 is 1. The molecule has 1 fully saturated rings. The van der Waals surface area contributed by atoms with E-state index in [4.69, 9.17) is 4.74 Å². The highest BCUT2D eigenvalue weighted by atomic mass is 127. The summed E-state index contributed by atoms with van der Waals surface area (Å²) in [6.07, 6.45) is 12.7. The van der Waals surface area contributed by atoms with E-state index in [-0.39, 0.29) is 0 Å². The number of nitrogens with zero attached hydrogens (tertiary/aromatic N) is 2. The van der Waals surface area contributed by atoms with Gasteiger partial charge in [-0.25, -0.2) is 0 Å². The lowest BCUT2D eigenvalue weighted by Gasteiger charge is -2.33. The molecule has 114 valence electrons. The first kappa shape index (κ1) is 16.3. The first-order valence-corrected chi connectivity index (χ1v) is 8.92. The Hall–Kier alpha value is -0.100. The molecule has 1 aromatic rings. The van der Waals surface area contributed by atoms with Crippen LogP contribution < -0.4 is 0 Å². The van der Waals surface area contributed by atoms with Crippen molar-refractivity contribution < 1.29 is 4.74 Å². The van der Waals surface area contributed by atoms with Crippen LogP contribution in [-0.2, 0) is 11.3 Å². The maximum Gasteiger partial charge on any atom is 0.0626 e. The van der Waals surface area contributed by atoms with Gasteiger partial charge < -0.3 is 4.74 Å². The highest BCUT2D eigenvalue weighted by Crippen LogP contribution is 2.40. The molecule has 4 heteroatoms. The number of halogens is 1. The van der Waals surface area contributed by atoms with Crippen LogP contribution in [0.5, 0.6) is 0 Å². The Morgan fingerprint density at radius 2 is 2.00 bits per heavy atom. The van der Waals surface area contributed by atoms with Crippen molar-refractivity contribution in [2.24, 2.45) is 5.41 Å². The smallest absolute Gasteiger partial charge is 0.0626 e. The Morgan fingerprint density at radius 3 is 2.55 bits per heavy atom. The summed E-state index contributed by atoms with van der Waals surface area (Å²) in [5.74, 6) is 0. The predicted molar refractivity (Wildman–Crippen MR) is 90.9 cm³/mol. The largest absolute Gasteiger partial charge is 0.385 e. The molecule has 2 rings (SSSR count). The molecule has 1 heterocycles. The highest BCUT2D eigenvalue weighted by Gasteiger charge is 2.31. The quantitative estimate of drug-likeness (QED) is 0.405. The zero-order chi connectivity index (χ0) is 14.4. The van der Waals surface area contributed by atoms with Gasteiger partial charge >= 0.3 is 0 Å². The third-order valence-electron chi connectivity index (χ3n) is 4.75. The first-order valence-electron chi connectivity index (χ1n) is 7.84. The summed E-state index contributed by atoms with van der Waals surface area (Å²) in [5.41, 5.74) is 1.76. The minimum Gasteiger partial charge on any atom is -0.385 e. The summed E-state index contributed by atoms with van der Waals surface area (Å²) < 4.78 is 8.78. The summed E-state index contributed by atoms with van der Waals surface area (Å²) in [7, 11) is 1.81. The Bertz CT molecular complexity index is 409. The van der Waals surface area contributed by atoms with E-state index < -0.39 is 0 Å². The summed E-state index contributed by atoms with van der Waals surface area (Å²) in [6.45, 7) is 4.16. The van der Waals surface area contributed by atoms with Crippen LogP contribution in [-0.4, -0.2) is 23.5 Å². The average Bonchev–Trinajstić information content (AvgIpc) is 2.66. The summed E-state index contributed by atoms with van der Waals surface area (Å²) in [6, 6.07) is 0. The molecule has 3 nitrogen and oxygen atoms in total. The van der Waals surface area contributed by atoms with E-state index >= 15 is 0 Å². The van der Waals surface area contributed by atoms with Gasteiger partial charge in [0.05, 0.1) is 9.77 Å². The minimum absolute atomic E-state index is 0.439. The number of hydrogen-bond acceptors (Lipinski definition) is 2. The van der Waals surface area contributed by atoms with Crippen LogP contribution >= 0.6 is 22.6 Å². The number of rotatable bonds is 6. The van der Waals surface area contributed by atoms with Crippen LogP contribution in [0.4, 0.5) is 0 Å². The van der Waals surface area contributed by atoms with Gasteiger partial charge in [-0.3, -0.25) is 4.68 Å². The van der Waals surface area contributed by atoms with Crippen molar-refractivity contribution in [3.8, 4) is 0 Å². The molecule has 20 heavy (non-hydrogen) atoms. The van der Waals surface area contributed by atoms with Gasteiger partial charge in [-0.15, -0.1) is 0 Å². The second-order valence-corrected chi connectivity index (χ2v) is 7.41. The lowest BCUT2D eigenvalue weighted by Crippen LogP contribution is -2.28. The molecule has 0 atom stereocenters. The lowest BCUT2D eigenvalue weighted by atomic mass is 9.76. The molecule has 1 aliphatic rings. The van der Waals surface area contributed by atoms with Crippen LogP contribution in [0.2, 0.25) is 0 Å². The van der Waals surface area contributed by atoms with Gasteiger partial charge in [0.15, 0.2) is 0 Å². The van der Waals surface area contributed by atoms with E-state index in [1.54, 1.807) is 7.11 Å². The van der Waals surface area contributed by atoms with Gasteiger partial charge in [0, 0.05) is 26.0 Å². The molecule has 0 N–H and O–H groups in total. The van der Waals surface area contributed by atoms with Crippen molar-refractivity contribution in [1.29, 1.82) is 0 Å². The number of hydrogen-bond donors (Lipinski definition) is 0. The second kappa shape index (κ2) is 7.78. The third-order valence-corrected chi connectivity index (χ3v) is 5.81. The summed E-state index contributed by atoms with van der Waals surface area (Å²) in [5, 5.41) is 4.59. The van der Waals surface area contributed by atoms with E-state index in [9.17, 15) is 0 Å². The van der Waals surface area contributed by atoms with Crippen LogP contribution in [0.25, 0.3) is 0 Å². The van der Waals surface area contributed by atoms with E-state index in [0.29, 0.717) is 5.41 Å².